The van der Waals surface area contributed by atoms with Gasteiger partial charge in [-0.25, -0.2) is 4.39 Å². The van der Waals surface area contributed by atoms with E-state index in [9.17, 15) is 9.18 Å². The summed E-state index contributed by atoms with van der Waals surface area (Å²) in [5.41, 5.74) is 0.869. The van der Waals surface area contributed by atoms with Gasteiger partial charge in [-0.1, -0.05) is 0 Å². The van der Waals surface area contributed by atoms with E-state index in [0.717, 1.165) is 12.2 Å². The highest BCUT2D eigenvalue weighted by Crippen LogP contribution is 2.29. The van der Waals surface area contributed by atoms with Gasteiger partial charge in [-0.15, -0.1) is 0 Å². The van der Waals surface area contributed by atoms with Crippen LogP contribution in [-0.2, 0) is 9.53 Å². The van der Waals surface area contributed by atoms with Crippen LogP contribution in [0.5, 0.6) is 5.75 Å². The number of piperazine rings is 1. The fraction of sp³-hybridized carbons (Fsp3) is 0.588. The molecule has 6 nitrogen and oxygen atoms in total. The lowest BCUT2D eigenvalue weighted by Gasteiger charge is -2.37. The van der Waals surface area contributed by atoms with Crippen LogP contribution in [-0.4, -0.2) is 69.9 Å². The second kappa shape index (κ2) is 7.81. The molecule has 2 heterocycles. The largest absolute Gasteiger partial charge is 0.494 e. The fourth-order valence-corrected chi connectivity index (χ4v) is 3.20. The molecule has 2 aliphatic rings. The Morgan fingerprint density at radius 1 is 1.38 bits per heavy atom. The Kier molecular flexibility index (Phi) is 5.52. The molecule has 0 radical (unpaired) electrons. The molecule has 1 N–H and O–H groups in total. The van der Waals surface area contributed by atoms with Crippen molar-refractivity contribution in [3.05, 3.63) is 24.0 Å². The molecule has 0 aromatic heterocycles. The maximum absolute atomic E-state index is 13.3. The van der Waals surface area contributed by atoms with Crippen LogP contribution in [0, 0.1) is 5.82 Å². The lowest BCUT2D eigenvalue weighted by molar-refractivity contribution is -0.132. The molecule has 7 heteroatoms. The number of morpholine rings is 1. The molecule has 0 saturated carbocycles. The van der Waals surface area contributed by atoms with Crippen molar-refractivity contribution in [1.29, 1.82) is 0 Å². The maximum atomic E-state index is 13.3. The summed E-state index contributed by atoms with van der Waals surface area (Å²) >= 11 is 0. The minimum atomic E-state index is -0.313. The van der Waals surface area contributed by atoms with Crippen molar-refractivity contribution in [1.82, 2.24) is 10.2 Å². The summed E-state index contributed by atoms with van der Waals surface area (Å²) in [6.45, 7) is 4.85. The molecule has 3 rings (SSSR count). The predicted molar refractivity (Wildman–Crippen MR) is 89.0 cm³/mol. The number of ether oxygens (including phenoxy) is 2. The number of benzene rings is 1. The van der Waals surface area contributed by atoms with E-state index < -0.39 is 0 Å². The lowest BCUT2D eigenvalue weighted by Crippen LogP contribution is -2.51. The average Bonchev–Trinajstić information content (AvgIpc) is 2.62. The van der Waals surface area contributed by atoms with Crippen LogP contribution in [0.4, 0.5) is 10.1 Å². The molecule has 1 amide bonds. The standard InChI is InChI=1S/C17H24FN3O3/c1-23-16-10-13(18)2-3-15(16)20-5-7-21(8-6-20)17(22)11-14-12-24-9-4-19-14/h2-3,10,14,19H,4-9,11-12H2,1H3. The van der Waals surface area contributed by atoms with E-state index in [0.29, 0.717) is 51.6 Å². The zero-order valence-corrected chi connectivity index (χ0v) is 14.0. The molecule has 0 aliphatic carbocycles. The quantitative estimate of drug-likeness (QED) is 0.883. The summed E-state index contributed by atoms with van der Waals surface area (Å²) < 4.78 is 24.0. The average molecular weight is 337 g/mol. The van der Waals surface area contributed by atoms with Crippen molar-refractivity contribution in [2.45, 2.75) is 12.5 Å². The first-order chi connectivity index (χ1) is 11.7. The van der Waals surface area contributed by atoms with Gasteiger partial charge in [0.05, 0.1) is 26.0 Å². The van der Waals surface area contributed by atoms with Crippen molar-refractivity contribution in [2.75, 3.05) is 57.9 Å². The lowest BCUT2D eigenvalue weighted by atomic mass is 10.1. The molecule has 1 aromatic carbocycles. The van der Waals surface area contributed by atoms with Gasteiger partial charge >= 0.3 is 0 Å². The van der Waals surface area contributed by atoms with Crippen LogP contribution in [0.1, 0.15) is 6.42 Å². The van der Waals surface area contributed by atoms with Gasteiger partial charge in [0, 0.05) is 51.3 Å². The second-order valence-electron chi connectivity index (χ2n) is 6.11. The Morgan fingerprint density at radius 2 is 2.17 bits per heavy atom. The number of nitrogens with one attached hydrogen (secondary N) is 1. The van der Waals surface area contributed by atoms with Gasteiger partial charge in [-0.05, 0) is 12.1 Å². The number of carbonyl (C=O) groups excluding carboxylic acids is 1. The normalized spacial score (nSPS) is 21.7. The highest BCUT2D eigenvalue weighted by molar-refractivity contribution is 5.77. The number of hydrogen-bond acceptors (Lipinski definition) is 5. The number of hydrogen-bond donors (Lipinski definition) is 1. The summed E-state index contributed by atoms with van der Waals surface area (Å²) in [6, 6.07) is 4.67. The molecule has 2 aliphatic heterocycles. The highest BCUT2D eigenvalue weighted by Gasteiger charge is 2.25. The van der Waals surface area contributed by atoms with Gasteiger partial charge in [-0.3, -0.25) is 4.79 Å². The third-order valence-corrected chi connectivity index (χ3v) is 4.53. The van der Waals surface area contributed by atoms with Gasteiger partial charge in [0.1, 0.15) is 11.6 Å². The van der Waals surface area contributed by atoms with Gasteiger partial charge in [-0.2, -0.15) is 0 Å². The number of halogens is 1. The van der Waals surface area contributed by atoms with E-state index in [4.69, 9.17) is 9.47 Å². The smallest absolute Gasteiger partial charge is 0.224 e. The molecule has 0 bridgehead atoms. The van der Waals surface area contributed by atoms with Crippen molar-refractivity contribution in [3.8, 4) is 5.75 Å². The predicted octanol–water partition coefficient (Wildman–Crippen LogP) is 0.861. The number of methoxy groups -OCH3 is 1. The number of rotatable bonds is 4. The molecule has 2 saturated heterocycles. The van der Waals surface area contributed by atoms with Crippen LogP contribution < -0.4 is 15.0 Å². The minimum absolute atomic E-state index is 0.112. The summed E-state index contributed by atoms with van der Waals surface area (Å²) in [5, 5.41) is 3.31. The topological polar surface area (TPSA) is 54.0 Å². The monoisotopic (exact) mass is 337 g/mol. The van der Waals surface area contributed by atoms with E-state index in [1.165, 1.54) is 19.2 Å². The summed E-state index contributed by atoms with van der Waals surface area (Å²) in [4.78, 5) is 16.4. The van der Waals surface area contributed by atoms with Gasteiger partial charge < -0.3 is 24.6 Å². The number of amides is 1. The molecule has 1 atom stereocenters. The van der Waals surface area contributed by atoms with Crippen LogP contribution in [0.15, 0.2) is 18.2 Å². The molecular weight excluding hydrogens is 313 g/mol. The van der Waals surface area contributed by atoms with Crippen LogP contribution in [0.25, 0.3) is 0 Å². The molecule has 1 unspecified atom stereocenters. The van der Waals surface area contributed by atoms with Crippen LogP contribution >= 0.6 is 0 Å². The zero-order valence-electron chi connectivity index (χ0n) is 14.0. The van der Waals surface area contributed by atoms with E-state index >= 15 is 0 Å². The maximum Gasteiger partial charge on any atom is 0.224 e. The Morgan fingerprint density at radius 3 is 2.83 bits per heavy atom. The second-order valence-corrected chi connectivity index (χ2v) is 6.11. The SMILES string of the molecule is COc1cc(F)ccc1N1CCN(C(=O)CC2COCCN2)CC1. The van der Waals surface area contributed by atoms with Crippen molar-refractivity contribution in [3.63, 3.8) is 0 Å². The van der Waals surface area contributed by atoms with Gasteiger partial charge in [0.25, 0.3) is 0 Å². The third-order valence-electron chi connectivity index (χ3n) is 4.53. The highest BCUT2D eigenvalue weighted by atomic mass is 19.1. The molecular formula is C17H24FN3O3. The summed E-state index contributed by atoms with van der Waals surface area (Å²) in [6.07, 6.45) is 0.472. The van der Waals surface area contributed by atoms with E-state index in [2.05, 4.69) is 10.2 Å². The number of nitrogens with zero attached hydrogens (tertiary/aromatic N) is 2. The summed E-state index contributed by atoms with van der Waals surface area (Å²) in [7, 11) is 1.54. The Balaban J connectivity index is 1.54. The van der Waals surface area contributed by atoms with Crippen molar-refractivity contribution in [2.24, 2.45) is 0 Å². The van der Waals surface area contributed by atoms with Gasteiger partial charge in [0.2, 0.25) is 5.91 Å². The molecule has 0 spiro atoms. The Labute approximate surface area is 141 Å². The first-order valence-corrected chi connectivity index (χ1v) is 8.35. The third kappa shape index (κ3) is 3.96. The van der Waals surface area contributed by atoms with E-state index in [1.807, 2.05) is 4.90 Å². The molecule has 132 valence electrons. The van der Waals surface area contributed by atoms with Crippen molar-refractivity contribution < 1.29 is 18.7 Å². The fourth-order valence-electron chi connectivity index (χ4n) is 3.20. The summed E-state index contributed by atoms with van der Waals surface area (Å²) in [5.74, 6) is 0.369. The first kappa shape index (κ1) is 17.0. The molecule has 24 heavy (non-hydrogen) atoms. The van der Waals surface area contributed by atoms with Gasteiger partial charge in [0.15, 0.2) is 0 Å². The van der Waals surface area contributed by atoms with Crippen LogP contribution in [0.3, 0.4) is 0 Å². The van der Waals surface area contributed by atoms with E-state index in [-0.39, 0.29) is 17.8 Å². The van der Waals surface area contributed by atoms with Crippen molar-refractivity contribution >= 4 is 11.6 Å². The minimum Gasteiger partial charge on any atom is -0.494 e. The Bertz CT molecular complexity index is 570. The Hall–Kier alpha value is -1.86. The molecule has 2 fully saturated rings. The number of carbonyl (C=O) groups is 1. The first-order valence-electron chi connectivity index (χ1n) is 8.35. The number of anilines is 1. The van der Waals surface area contributed by atoms with Crippen LogP contribution in [0.2, 0.25) is 0 Å². The zero-order chi connectivity index (χ0) is 16.9. The van der Waals surface area contributed by atoms with E-state index in [1.54, 1.807) is 6.07 Å². The molecule has 1 aromatic rings.